The minimum Gasteiger partial charge on any atom is -0.394 e. The molecule has 3 heteroatoms. The number of aliphatic hydroxyl groups is 1. The largest absolute Gasteiger partial charge is 0.394 e. The highest BCUT2D eigenvalue weighted by atomic mass is 16.5. The van der Waals surface area contributed by atoms with E-state index < -0.39 is 0 Å². The quantitative estimate of drug-likeness (QED) is 0.550. The normalized spacial score (nSPS) is 15.2. The van der Waals surface area contributed by atoms with E-state index in [1.807, 2.05) is 0 Å². The second kappa shape index (κ2) is 9.86. The Kier molecular flexibility index (Phi) is 9.79. The summed E-state index contributed by atoms with van der Waals surface area (Å²) in [6, 6.07) is 0.410. The molecule has 0 aromatic heterocycles. The summed E-state index contributed by atoms with van der Waals surface area (Å²) >= 11 is 0. The Bertz CT molecular complexity index is 174. The van der Waals surface area contributed by atoms with Crippen molar-refractivity contribution in [2.24, 2.45) is 0 Å². The van der Waals surface area contributed by atoms with Crippen LogP contribution in [0.3, 0.4) is 0 Å². The molecule has 1 atom stereocenters. The van der Waals surface area contributed by atoms with Crippen molar-refractivity contribution in [3.05, 3.63) is 0 Å². The first-order valence-electron chi connectivity index (χ1n) is 7.00. The van der Waals surface area contributed by atoms with Crippen LogP contribution in [-0.4, -0.2) is 36.5 Å². The van der Waals surface area contributed by atoms with Crippen molar-refractivity contribution in [2.75, 3.05) is 19.8 Å². The van der Waals surface area contributed by atoms with Crippen LogP contribution >= 0.6 is 0 Å². The van der Waals surface area contributed by atoms with Crippen LogP contribution in [0.5, 0.6) is 0 Å². The Hall–Kier alpha value is -0.120. The van der Waals surface area contributed by atoms with E-state index in [-0.39, 0.29) is 12.1 Å². The second-order valence-electron chi connectivity index (χ2n) is 5.44. The standard InChI is InChI=1S/C14H31NO2/c1-5-6-10-17-11-8-7-9-14(4,12-16)15-13(2)3/h13,15-16H,5-12H2,1-4H3. The van der Waals surface area contributed by atoms with E-state index in [1.165, 1.54) is 6.42 Å². The number of unbranched alkanes of at least 4 members (excludes halogenated alkanes) is 2. The van der Waals surface area contributed by atoms with Gasteiger partial charge in [-0.15, -0.1) is 0 Å². The maximum Gasteiger partial charge on any atom is 0.0610 e. The number of rotatable bonds is 11. The predicted molar refractivity (Wildman–Crippen MR) is 73.3 cm³/mol. The molecule has 0 spiro atoms. The summed E-state index contributed by atoms with van der Waals surface area (Å²) in [4.78, 5) is 0. The highest BCUT2D eigenvalue weighted by molar-refractivity contribution is 4.83. The summed E-state index contributed by atoms with van der Waals surface area (Å²) in [7, 11) is 0. The maximum atomic E-state index is 9.41. The molecule has 0 aliphatic carbocycles. The minimum absolute atomic E-state index is 0.141. The van der Waals surface area contributed by atoms with E-state index in [1.54, 1.807) is 0 Å². The summed E-state index contributed by atoms with van der Waals surface area (Å²) < 4.78 is 5.52. The zero-order valence-electron chi connectivity index (χ0n) is 12.1. The lowest BCUT2D eigenvalue weighted by Gasteiger charge is -2.31. The summed E-state index contributed by atoms with van der Waals surface area (Å²) in [5.41, 5.74) is -0.141. The predicted octanol–water partition coefficient (Wildman–Crippen LogP) is 2.72. The monoisotopic (exact) mass is 245 g/mol. The average Bonchev–Trinajstić information content (AvgIpc) is 2.27. The SMILES string of the molecule is CCCCOCCCCC(C)(CO)NC(C)C. The van der Waals surface area contributed by atoms with Gasteiger partial charge in [0.25, 0.3) is 0 Å². The van der Waals surface area contributed by atoms with Crippen LogP contribution in [0.4, 0.5) is 0 Å². The van der Waals surface area contributed by atoms with Crippen LogP contribution in [0.15, 0.2) is 0 Å². The molecular formula is C14H31NO2. The summed E-state index contributed by atoms with van der Waals surface area (Å²) in [6.45, 7) is 10.4. The lowest BCUT2D eigenvalue weighted by Crippen LogP contribution is -2.49. The topological polar surface area (TPSA) is 41.5 Å². The zero-order valence-corrected chi connectivity index (χ0v) is 12.1. The lowest BCUT2D eigenvalue weighted by atomic mass is 9.95. The Labute approximate surface area is 107 Å². The minimum atomic E-state index is -0.141. The molecule has 1 unspecified atom stereocenters. The molecule has 0 radical (unpaired) electrons. The van der Waals surface area contributed by atoms with Crippen LogP contribution < -0.4 is 5.32 Å². The number of ether oxygens (including phenoxy) is 1. The molecule has 2 N–H and O–H groups in total. The molecule has 17 heavy (non-hydrogen) atoms. The molecule has 0 bridgehead atoms. The molecule has 104 valence electrons. The van der Waals surface area contributed by atoms with Gasteiger partial charge in [-0.2, -0.15) is 0 Å². The average molecular weight is 245 g/mol. The van der Waals surface area contributed by atoms with Crippen LogP contribution in [0.25, 0.3) is 0 Å². The first kappa shape index (κ1) is 16.9. The molecule has 0 aliphatic heterocycles. The fourth-order valence-corrected chi connectivity index (χ4v) is 1.96. The van der Waals surface area contributed by atoms with E-state index in [9.17, 15) is 5.11 Å². The van der Waals surface area contributed by atoms with Gasteiger partial charge in [-0.05, 0) is 32.6 Å². The van der Waals surface area contributed by atoms with E-state index in [0.29, 0.717) is 6.04 Å². The zero-order chi connectivity index (χ0) is 13.1. The molecular weight excluding hydrogens is 214 g/mol. The number of aliphatic hydroxyl groups excluding tert-OH is 1. The van der Waals surface area contributed by atoms with Crippen LogP contribution in [0.1, 0.15) is 59.8 Å². The molecule has 0 aromatic rings. The van der Waals surface area contributed by atoms with Crippen molar-refractivity contribution >= 4 is 0 Å². The van der Waals surface area contributed by atoms with E-state index >= 15 is 0 Å². The highest BCUT2D eigenvalue weighted by Crippen LogP contribution is 2.14. The van der Waals surface area contributed by atoms with Gasteiger partial charge in [0.05, 0.1) is 6.61 Å². The van der Waals surface area contributed by atoms with Gasteiger partial charge in [0.2, 0.25) is 0 Å². The number of hydrogen-bond acceptors (Lipinski definition) is 3. The number of nitrogens with one attached hydrogen (secondary N) is 1. The molecule has 0 amide bonds. The van der Waals surface area contributed by atoms with Crippen molar-refractivity contribution in [1.82, 2.24) is 5.32 Å². The van der Waals surface area contributed by atoms with Gasteiger partial charge in [0.15, 0.2) is 0 Å². The fourth-order valence-electron chi connectivity index (χ4n) is 1.96. The third-order valence-corrected chi connectivity index (χ3v) is 2.90. The number of hydrogen-bond donors (Lipinski definition) is 2. The third-order valence-electron chi connectivity index (χ3n) is 2.90. The Balaban J connectivity index is 3.55. The van der Waals surface area contributed by atoms with Gasteiger partial charge in [-0.3, -0.25) is 0 Å². The second-order valence-corrected chi connectivity index (χ2v) is 5.44. The molecule has 0 saturated carbocycles. The van der Waals surface area contributed by atoms with Crippen LogP contribution in [0.2, 0.25) is 0 Å². The summed E-state index contributed by atoms with van der Waals surface area (Å²) in [5.74, 6) is 0. The van der Waals surface area contributed by atoms with Crippen LogP contribution in [0, 0.1) is 0 Å². The van der Waals surface area contributed by atoms with Gasteiger partial charge >= 0.3 is 0 Å². The Morgan fingerprint density at radius 1 is 1.18 bits per heavy atom. The van der Waals surface area contributed by atoms with Crippen molar-refractivity contribution in [2.45, 2.75) is 71.4 Å². The Morgan fingerprint density at radius 2 is 1.82 bits per heavy atom. The van der Waals surface area contributed by atoms with Crippen LogP contribution in [-0.2, 0) is 4.74 Å². The summed E-state index contributed by atoms with van der Waals surface area (Å²) in [6.07, 6.45) is 5.53. The van der Waals surface area contributed by atoms with Crippen molar-refractivity contribution in [3.8, 4) is 0 Å². The van der Waals surface area contributed by atoms with Gasteiger partial charge in [0.1, 0.15) is 0 Å². The smallest absolute Gasteiger partial charge is 0.0610 e. The molecule has 0 aromatic carbocycles. The van der Waals surface area contributed by atoms with E-state index in [0.717, 1.165) is 38.9 Å². The molecule has 3 nitrogen and oxygen atoms in total. The van der Waals surface area contributed by atoms with Crippen molar-refractivity contribution < 1.29 is 9.84 Å². The lowest BCUT2D eigenvalue weighted by molar-refractivity contribution is 0.118. The molecule has 0 heterocycles. The van der Waals surface area contributed by atoms with E-state index in [4.69, 9.17) is 4.74 Å². The Morgan fingerprint density at radius 3 is 2.35 bits per heavy atom. The molecule has 0 fully saturated rings. The molecule has 0 aliphatic rings. The van der Waals surface area contributed by atoms with Gasteiger partial charge in [-0.25, -0.2) is 0 Å². The molecule has 0 saturated heterocycles. The van der Waals surface area contributed by atoms with Crippen molar-refractivity contribution in [3.63, 3.8) is 0 Å². The first-order chi connectivity index (χ1) is 8.04. The van der Waals surface area contributed by atoms with Gasteiger partial charge in [0, 0.05) is 24.8 Å². The van der Waals surface area contributed by atoms with E-state index in [2.05, 4.69) is 33.0 Å². The highest BCUT2D eigenvalue weighted by Gasteiger charge is 2.22. The maximum absolute atomic E-state index is 9.41. The summed E-state index contributed by atoms with van der Waals surface area (Å²) in [5, 5.41) is 12.8. The van der Waals surface area contributed by atoms with Gasteiger partial charge < -0.3 is 15.2 Å². The first-order valence-corrected chi connectivity index (χ1v) is 7.00. The van der Waals surface area contributed by atoms with Gasteiger partial charge in [-0.1, -0.05) is 27.2 Å². The third kappa shape index (κ3) is 9.57. The fraction of sp³-hybridized carbons (Fsp3) is 1.00. The van der Waals surface area contributed by atoms with Crippen molar-refractivity contribution in [1.29, 1.82) is 0 Å². The molecule has 0 rings (SSSR count).